The van der Waals surface area contributed by atoms with E-state index >= 15 is 0 Å². The summed E-state index contributed by atoms with van der Waals surface area (Å²) < 4.78 is 0. The molecule has 1 aromatic heterocycles. The van der Waals surface area contributed by atoms with Crippen molar-refractivity contribution in [1.82, 2.24) is 10.2 Å². The van der Waals surface area contributed by atoms with Crippen molar-refractivity contribution in [1.29, 1.82) is 0 Å². The maximum atomic E-state index is 5.79. The lowest BCUT2D eigenvalue weighted by atomic mass is 10.0. The molecule has 1 saturated carbocycles. The lowest BCUT2D eigenvalue weighted by molar-refractivity contribution is 0.473. The summed E-state index contributed by atoms with van der Waals surface area (Å²) in [5, 5.41) is 10.3. The van der Waals surface area contributed by atoms with Crippen molar-refractivity contribution >= 4 is 16.5 Å². The quantitative estimate of drug-likeness (QED) is 0.846. The fourth-order valence-corrected chi connectivity index (χ4v) is 3.08. The van der Waals surface area contributed by atoms with Crippen LogP contribution in [0.1, 0.15) is 24.3 Å². The van der Waals surface area contributed by atoms with Crippen LogP contribution in [-0.2, 0) is 0 Å². The molecular formula is C10H18N4S. The molecule has 5 heteroatoms. The van der Waals surface area contributed by atoms with Crippen LogP contribution in [0, 0.1) is 12.8 Å². The largest absolute Gasteiger partial charge is 0.346 e. The summed E-state index contributed by atoms with van der Waals surface area (Å²) in [6.07, 6.45) is 3.77. The molecule has 1 heterocycles. The van der Waals surface area contributed by atoms with Gasteiger partial charge >= 0.3 is 0 Å². The van der Waals surface area contributed by atoms with Crippen LogP contribution in [0.5, 0.6) is 0 Å². The molecule has 84 valence electrons. The Labute approximate surface area is 94.5 Å². The first-order chi connectivity index (χ1) is 7.22. The van der Waals surface area contributed by atoms with Crippen LogP contribution in [0.25, 0.3) is 0 Å². The molecule has 0 radical (unpaired) electrons. The van der Waals surface area contributed by atoms with Crippen LogP contribution in [-0.4, -0.2) is 29.8 Å². The first-order valence-electron chi connectivity index (χ1n) is 5.45. The third-order valence-electron chi connectivity index (χ3n) is 3.24. The normalized spacial score (nSPS) is 25.8. The molecule has 2 atom stereocenters. The first kappa shape index (κ1) is 10.8. The fourth-order valence-electron chi connectivity index (χ4n) is 2.37. The van der Waals surface area contributed by atoms with Crippen LogP contribution in [0.4, 0.5) is 5.13 Å². The minimum Gasteiger partial charge on any atom is -0.346 e. The lowest BCUT2D eigenvalue weighted by Gasteiger charge is -2.28. The van der Waals surface area contributed by atoms with Crippen molar-refractivity contribution in [2.24, 2.45) is 11.7 Å². The molecule has 2 N–H and O–H groups in total. The lowest BCUT2D eigenvalue weighted by Crippen LogP contribution is -2.37. The molecule has 1 aliphatic rings. The second-order valence-corrected chi connectivity index (χ2v) is 5.37. The van der Waals surface area contributed by atoms with E-state index in [4.69, 9.17) is 5.73 Å². The van der Waals surface area contributed by atoms with Gasteiger partial charge in [-0.05, 0) is 32.2 Å². The van der Waals surface area contributed by atoms with Gasteiger partial charge in [-0.15, -0.1) is 10.2 Å². The van der Waals surface area contributed by atoms with E-state index in [2.05, 4.69) is 22.1 Å². The van der Waals surface area contributed by atoms with Crippen LogP contribution in [0.2, 0.25) is 0 Å². The molecule has 0 saturated heterocycles. The number of nitrogens with zero attached hydrogens (tertiary/aromatic N) is 3. The van der Waals surface area contributed by atoms with Crippen LogP contribution in [0.15, 0.2) is 0 Å². The van der Waals surface area contributed by atoms with Gasteiger partial charge in [0.25, 0.3) is 0 Å². The van der Waals surface area contributed by atoms with Gasteiger partial charge in [-0.25, -0.2) is 0 Å². The van der Waals surface area contributed by atoms with E-state index in [0.29, 0.717) is 12.0 Å². The van der Waals surface area contributed by atoms with E-state index in [1.807, 2.05) is 6.92 Å². The molecule has 4 nitrogen and oxygen atoms in total. The Bertz CT molecular complexity index is 325. The molecule has 0 bridgehead atoms. The number of aryl methyl sites for hydroxylation is 1. The van der Waals surface area contributed by atoms with Crippen molar-refractivity contribution in [2.45, 2.75) is 32.2 Å². The topological polar surface area (TPSA) is 55.0 Å². The fraction of sp³-hybridized carbons (Fsp3) is 0.800. The Kier molecular flexibility index (Phi) is 3.21. The third kappa shape index (κ3) is 2.13. The minimum atomic E-state index is 0.558. The van der Waals surface area contributed by atoms with E-state index in [1.54, 1.807) is 11.3 Å². The number of hydrogen-bond donors (Lipinski definition) is 1. The molecule has 0 amide bonds. The number of hydrogen-bond acceptors (Lipinski definition) is 5. The average Bonchev–Trinajstić information content (AvgIpc) is 2.84. The maximum Gasteiger partial charge on any atom is 0.208 e. The van der Waals surface area contributed by atoms with E-state index < -0.39 is 0 Å². The van der Waals surface area contributed by atoms with Gasteiger partial charge < -0.3 is 10.6 Å². The molecule has 1 aromatic rings. The van der Waals surface area contributed by atoms with Gasteiger partial charge in [0.2, 0.25) is 5.13 Å². The summed E-state index contributed by atoms with van der Waals surface area (Å²) in [5.41, 5.74) is 5.79. The summed E-state index contributed by atoms with van der Waals surface area (Å²) in [6, 6.07) is 0.558. The van der Waals surface area contributed by atoms with Crippen molar-refractivity contribution in [3.05, 3.63) is 5.01 Å². The van der Waals surface area contributed by atoms with Gasteiger partial charge in [-0.2, -0.15) is 0 Å². The average molecular weight is 226 g/mol. The molecular weight excluding hydrogens is 208 g/mol. The Morgan fingerprint density at radius 3 is 2.87 bits per heavy atom. The Balaban J connectivity index is 2.10. The standard InChI is InChI=1S/C10H18N4S/c1-7-12-13-10(15-7)14(2)9-5-3-4-8(9)6-11/h8-9H,3-6,11H2,1-2H3. The highest BCUT2D eigenvalue weighted by Gasteiger charge is 2.30. The summed E-state index contributed by atoms with van der Waals surface area (Å²) in [6.45, 7) is 2.77. The SMILES string of the molecule is Cc1nnc(N(C)C2CCCC2CN)s1. The number of anilines is 1. The van der Waals surface area contributed by atoms with Gasteiger partial charge in [0, 0.05) is 13.1 Å². The van der Waals surface area contributed by atoms with Crippen LogP contribution in [0.3, 0.4) is 0 Å². The summed E-state index contributed by atoms with van der Waals surface area (Å²) >= 11 is 1.66. The molecule has 0 aromatic carbocycles. The zero-order chi connectivity index (χ0) is 10.8. The Morgan fingerprint density at radius 2 is 2.27 bits per heavy atom. The van der Waals surface area contributed by atoms with Gasteiger partial charge in [-0.1, -0.05) is 17.8 Å². The highest BCUT2D eigenvalue weighted by molar-refractivity contribution is 7.15. The second-order valence-electron chi connectivity index (χ2n) is 4.21. The zero-order valence-corrected chi connectivity index (χ0v) is 10.1. The summed E-state index contributed by atoms with van der Waals surface area (Å²) in [5.74, 6) is 0.624. The van der Waals surface area contributed by atoms with Crippen molar-refractivity contribution in [2.75, 3.05) is 18.5 Å². The van der Waals surface area contributed by atoms with Gasteiger partial charge in [0.05, 0.1) is 0 Å². The van der Waals surface area contributed by atoms with Gasteiger partial charge in [-0.3, -0.25) is 0 Å². The molecule has 1 aliphatic carbocycles. The highest BCUT2D eigenvalue weighted by atomic mass is 32.1. The summed E-state index contributed by atoms with van der Waals surface area (Å²) in [4.78, 5) is 2.26. The molecule has 0 spiro atoms. The maximum absolute atomic E-state index is 5.79. The summed E-state index contributed by atoms with van der Waals surface area (Å²) in [7, 11) is 2.11. The smallest absolute Gasteiger partial charge is 0.208 e. The van der Waals surface area contributed by atoms with Gasteiger partial charge in [0.15, 0.2) is 0 Å². The Morgan fingerprint density at radius 1 is 1.47 bits per heavy atom. The molecule has 15 heavy (non-hydrogen) atoms. The molecule has 0 aliphatic heterocycles. The van der Waals surface area contributed by atoms with E-state index in [9.17, 15) is 0 Å². The molecule has 1 fully saturated rings. The number of nitrogens with two attached hydrogens (primary N) is 1. The number of rotatable bonds is 3. The van der Waals surface area contributed by atoms with Crippen LogP contribution >= 0.6 is 11.3 Å². The van der Waals surface area contributed by atoms with E-state index in [-0.39, 0.29) is 0 Å². The number of aromatic nitrogens is 2. The molecule has 2 rings (SSSR count). The second kappa shape index (κ2) is 4.45. The van der Waals surface area contributed by atoms with Crippen LogP contribution < -0.4 is 10.6 Å². The minimum absolute atomic E-state index is 0.558. The van der Waals surface area contributed by atoms with E-state index in [0.717, 1.165) is 16.7 Å². The van der Waals surface area contributed by atoms with E-state index in [1.165, 1.54) is 19.3 Å². The van der Waals surface area contributed by atoms with Crippen molar-refractivity contribution in [3.8, 4) is 0 Å². The predicted molar refractivity (Wildman–Crippen MR) is 63.2 cm³/mol. The Hall–Kier alpha value is -0.680. The molecule has 2 unspecified atom stereocenters. The van der Waals surface area contributed by atoms with Gasteiger partial charge in [0.1, 0.15) is 5.01 Å². The first-order valence-corrected chi connectivity index (χ1v) is 6.27. The predicted octanol–water partition coefficient (Wildman–Crippen LogP) is 1.41. The van der Waals surface area contributed by atoms with Crippen molar-refractivity contribution < 1.29 is 0 Å². The zero-order valence-electron chi connectivity index (χ0n) is 9.31. The highest BCUT2D eigenvalue weighted by Crippen LogP contribution is 2.32. The third-order valence-corrected chi connectivity index (χ3v) is 4.17. The monoisotopic (exact) mass is 226 g/mol. The van der Waals surface area contributed by atoms with Crippen molar-refractivity contribution in [3.63, 3.8) is 0 Å².